The van der Waals surface area contributed by atoms with Crippen LogP contribution in [0.3, 0.4) is 0 Å². The van der Waals surface area contributed by atoms with Crippen LogP contribution in [0.25, 0.3) is 0 Å². The number of benzene rings is 1. The lowest BCUT2D eigenvalue weighted by Gasteiger charge is -2.12. The molecule has 0 saturated carbocycles. The number of carbonyl (C=O) groups is 2. The van der Waals surface area contributed by atoms with Crippen molar-refractivity contribution in [3.63, 3.8) is 0 Å². The minimum absolute atomic E-state index is 0.402. The molecule has 1 aromatic carbocycles. The van der Waals surface area contributed by atoms with E-state index in [0.29, 0.717) is 30.3 Å². The molecule has 21 heavy (non-hydrogen) atoms. The second-order valence-corrected chi connectivity index (χ2v) is 4.58. The first-order valence-corrected chi connectivity index (χ1v) is 6.44. The van der Waals surface area contributed by atoms with Crippen molar-refractivity contribution in [1.29, 1.82) is 0 Å². The third-order valence-corrected chi connectivity index (χ3v) is 2.71. The summed E-state index contributed by atoms with van der Waals surface area (Å²) in [7, 11) is 6.77. The summed E-state index contributed by atoms with van der Waals surface area (Å²) in [6, 6.07) is 4.91. The second-order valence-electron chi connectivity index (χ2n) is 4.58. The van der Waals surface area contributed by atoms with Crippen molar-refractivity contribution in [2.75, 3.05) is 46.7 Å². The molecule has 0 saturated heterocycles. The maximum Gasteiger partial charge on any atom is 0.313 e. The Bertz CT molecular complexity index is 503. The molecule has 0 fully saturated rings. The van der Waals surface area contributed by atoms with E-state index in [4.69, 9.17) is 9.47 Å². The molecule has 0 aliphatic heterocycles. The third-order valence-electron chi connectivity index (χ3n) is 2.71. The number of amides is 2. The van der Waals surface area contributed by atoms with Gasteiger partial charge in [0.15, 0.2) is 0 Å². The largest absolute Gasteiger partial charge is 0.497 e. The maximum atomic E-state index is 11.8. The molecule has 0 heterocycles. The molecular weight excluding hydrogens is 274 g/mol. The van der Waals surface area contributed by atoms with Crippen LogP contribution < -0.4 is 20.1 Å². The predicted octanol–water partition coefficient (Wildman–Crippen LogP) is 0.320. The van der Waals surface area contributed by atoms with Crippen molar-refractivity contribution in [2.24, 2.45) is 0 Å². The molecule has 0 unspecified atom stereocenters. The minimum atomic E-state index is -0.739. The smallest absolute Gasteiger partial charge is 0.313 e. The molecule has 1 aromatic rings. The zero-order valence-electron chi connectivity index (χ0n) is 12.7. The Morgan fingerprint density at radius 3 is 2.43 bits per heavy atom. The molecule has 1 rings (SSSR count). The first kappa shape index (κ1) is 16.8. The lowest BCUT2D eigenvalue weighted by atomic mass is 10.2. The molecule has 116 valence electrons. The summed E-state index contributed by atoms with van der Waals surface area (Å²) in [6.07, 6.45) is 0. The fourth-order valence-corrected chi connectivity index (χ4v) is 1.55. The number of methoxy groups -OCH3 is 2. The summed E-state index contributed by atoms with van der Waals surface area (Å²) < 4.78 is 10.2. The highest BCUT2D eigenvalue weighted by Gasteiger charge is 2.15. The first-order valence-electron chi connectivity index (χ1n) is 6.44. The van der Waals surface area contributed by atoms with Crippen LogP contribution in [0, 0.1) is 0 Å². The van der Waals surface area contributed by atoms with Crippen LogP contribution in [0.5, 0.6) is 11.5 Å². The average molecular weight is 295 g/mol. The Hall–Kier alpha value is -2.28. The normalized spacial score (nSPS) is 10.1. The number of rotatable bonds is 6. The van der Waals surface area contributed by atoms with Gasteiger partial charge in [-0.2, -0.15) is 0 Å². The number of likely N-dealkylation sites (N-methyl/N-ethyl adjacent to an activating group) is 1. The number of carbonyl (C=O) groups excluding carboxylic acids is 2. The Morgan fingerprint density at radius 1 is 1.14 bits per heavy atom. The van der Waals surface area contributed by atoms with E-state index in [1.165, 1.54) is 14.2 Å². The van der Waals surface area contributed by atoms with Crippen LogP contribution in [-0.4, -0.2) is 58.1 Å². The highest BCUT2D eigenvalue weighted by molar-refractivity contribution is 6.39. The molecule has 0 bridgehead atoms. The average Bonchev–Trinajstić information content (AvgIpc) is 2.46. The number of hydrogen-bond acceptors (Lipinski definition) is 5. The second kappa shape index (κ2) is 8.11. The van der Waals surface area contributed by atoms with Gasteiger partial charge in [0.05, 0.1) is 19.9 Å². The summed E-state index contributed by atoms with van der Waals surface area (Å²) in [5, 5.41) is 5.04. The van der Waals surface area contributed by atoms with Gasteiger partial charge < -0.3 is 25.0 Å². The Labute approximate surface area is 124 Å². The fourth-order valence-electron chi connectivity index (χ4n) is 1.55. The van der Waals surface area contributed by atoms with Crippen LogP contribution in [0.15, 0.2) is 18.2 Å². The van der Waals surface area contributed by atoms with Crippen molar-refractivity contribution in [2.45, 2.75) is 0 Å². The molecule has 7 nitrogen and oxygen atoms in total. The van der Waals surface area contributed by atoms with Crippen LogP contribution in [0.2, 0.25) is 0 Å². The third kappa shape index (κ3) is 5.31. The van der Waals surface area contributed by atoms with Crippen LogP contribution >= 0.6 is 0 Å². The van der Waals surface area contributed by atoms with E-state index in [9.17, 15) is 9.59 Å². The number of anilines is 1. The Kier molecular flexibility index (Phi) is 6.48. The van der Waals surface area contributed by atoms with Gasteiger partial charge in [-0.25, -0.2) is 0 Å². The maximum absolute atomic E-state index is 11.8. The monoisotopic (exact) mass is 295 g/mol. The Balaban J connectivity index is 2.63. The van der Waals surface area contributed by atoms with Crippen molar-refractivity contribution < 1.29 is 19.1 Å². The quantitative estimate of drug-likeness (QED) is 0.739. The SMILES string of the molecule is COc1ccc(NC(=O)C(=O)NCCN(C)C)c(OC)c1. The molecular formula is C14H21N3O4. The summed E-state index contributed by atoms with van der Waals surface area (Å²) in [6.45, 7) is 1.06. The van der Waals surface area contributed by atoms with Crippen LogP contribution in [-0.2, 0) is 9.59 Å². The number of nitrogens with one attached hydrogen (secondary N) is 2. The molecule has 0 spiro atoms. The molecule has 0 aromatic heterocycles. The van der Waals surface area contributed by atoms with Gasteiger partial charge in [0.25, 0.3) is 0 Å². The van der Waals surface area contributed by atoms with Crippen molar-refractivity contribution in [3.05, 3.63) is 18.2 Å². The number of hydrogen-bond donors (Lipinski definition) is 2. The molecule has 2 amide bonds. The van der Waals surface area contributed by atoms with Gasteiger partial charge >= 0.3 is 11.8 Å². The number of nitrogens with zero attached hydrogens (tertiary/aromatic N) is 1. The van der Waals surface area contributed by atoms with Crippen molar-refractivity contribution >= 4 is 17.5 Å². The fraction of sp³-hybridized carbons (Fsp3) is 0.429. The van der Waals surface area contributed by atoms with E-state index in [-0.39, 0.29) is 0 Å². The highest BCUT2D eigenvalue weighted by Crippen LogP contribution is 2.28. The Morgan fingerprint density at radius 2 is 1.86 bits per heavy atom. The van der Waals surface area contributed by atoms with E-state index in [2.05, 4.69) is 10.6 Å². The zero-order chi connectivity index (χ0) is 15.8. The standard InChI is InChI=1S/C14H21N3O4/c1-17(2)8-7-15-13(18)14(19)16-11-6-5-10(20-3)9-12(11)21-4/h5-6,9H,7-8H2,1-4H3,(H,15,18)(H,16,19). The molecule has 2 N–H and O–H groups in total. The zero-order valence-corrected chi connectivity index (χ0v) is 12.7. The van der Waals surface area contributed by atoms with E-state index >= 15 is 0 Å². The lowest BCUT2D eigenvalue weighted by Crippen LogP contribution is -2.38. The number of ether oxygens (including phenoxy) is 2. The van der Waals surface area contributed by atoms with Gasteiger partial charge in [-0.15, -0.1) is 0 Å². The summed E-state index contributed by atoms with van der Waals surface area (Å²) in [4.78, 5) is 25.3. The summed E-state index contributed by atoms with van der Waals surface area (Å²) in [5.74, 6) is -0.406. The summed E-state index contributed by atoms with van der Waals surface area (Å²) >= 11 is 0. The van der Waals surface area contributed by atoms with E-state index in [1.54, 1.807) is 18.2 Å². The van der Waals surface area contributed by atoms with Gasteiger partial charge in [-0.3, -0.25) is 9.59 Å². The van der Waals surface area contributed by atoms with Gasteiger partial charge in [-0.05, 0) is 26.2 Å². The topological polar surface area (TPSA) is 79.9 Å². The molecule has 0 atom stereocenters. The van der Waals surface area contributed by atoms with Gasteiger partial charge in [0, 0.05) is 19.2 Å². The van der Waals surface area contributed by atoms with E-state index < -0.39 is 11.8 Å². The lowest BCUT2D eigenvalue weighted by molar-refractivity contribution is -0.136. The van der Waals surface area contributed by atoms with Gasteiger partial charge in [0.2, 0.25) is 0 Å². The predicted molar refractivity (Wildman–Crippen MR) is 79.7 cm³/mol. The van der Waals surface area contributed by atoms with E-state index in [0.717, 1.165) is 0 Å². The van der Waals surface area contributed by atoms with Crippen LogP contribution in [0.4, 0.5) is 5.69 Å². The molecule has 0 aliphatic rings. The van der Waals surface area contributed by atoms with Crippen LogP contribution in [0.1, 0.15) is 0 Å². The van der Waals surface area contributed by atoms with Crippen molar-refractivity contribution in [3.8, 4) is 11.5 Å². The molecule has 0 radical (unpaired) electrons. The molecule has 7 heteroatoms. The first-order chi connectivity index (χ1) is 9.97. The van der Waals surface area contributed by atoms with Gasteiger partial charge in [-0.1, -0.05) is 0 Å². The van der Waals surface area contributed by atoms with E-state index in [1.807, 2.05) is 19.0 Å². The minimum Gasteiger partial charge on any atom is -0.497 e. The summed E-state index contributed by atoms with van der Waals surface area (Å²) in [5.41, 5.74) is 0.408. The molecule has 0 aliphatic carbocycles. The van der Waals surface area contributed by atoms with Gasteiger partial charge in [0.1, 0.15) is 11.5 Å². The van der Waals surface area contributed by atoms with Crippen molar-refractivity contribution in [1.82, 2.24) is 10.2 Å². The highest BCUT2D eigenvalue weighted by atomic mass is 16.5.